The number of aliphatic imine (C=N–C) groups is 1. The Morgan fingerprint density at radius 1 is 1.08 bits per heavy atom. The molecule has 6 heteroatoms. The van der Waals surface area contributed by atoms with Crippen LogP contribution >= 0.6 is 24.0 Å². The van der Waals surface area contributed by atoms with Crippen molar-refractivity contribution in [3.05, 3.63) is 35.4 Å². The van der Waals surface area contributed by atoms with E-state index in [0.717, 1.165) is 45.4 Å². The number of ether oxygens (including phenoxy) is 1. The highest BCUT2D eigenvalue weighted by Gasteiger charge is 2.14. The maximum Gasteiger partial charge on any atom is 0.191 e. The average molecular weight is 472 g/mol. The molecule has 3 rings (SSSR count). The van der Waals surface area contributed by atoms with Crippen molar-refractivity contribution in [3.63, 3.8) is 0 Å². The van der Waals surface area contributed by atoms with Gasteiger partial charge in [-0.15, -0.1) is 24.0 Å². The summed E-state index contributed by atoms with van der Waals surface area (Å²) in [6, 6.07) is 9.50. The Bertz CT molecular complexity index is 537. The molecular weight excluding hydrogens is 439 g/mol. The van der Waals surface area contributed by atoms with Crippen LogP contribution in [-0.4, -0.2) is 50.3 Å². The second kappa shape index (κ2) is 11.8. The predicted molar refractivity (Wildman–Crippen MR) is 118 cm³/mol. The van der Waals surface area contributed by atoms with Crippen LogP contribution in [0.3, 0.4) is 0 Å². The Hall–Kier alpha value is -0.860. The van der Waals surface area contributed by atoms with E-state index in [1.165, 1.54) is 43.2 Å². The fraction of sp³-hybridized carbons (Fsp3) is 0.650. The van der Waals surface area contributed by atoms with E-state index in [9.17, 15) is 0 Å². The van der Waals surface area contributed by atoms with Gasteiger partial charge in [0.05, 0.1) is 13.2 Å². The molecule has 1 saturated heterocycles. The summed E-state index contributed by atoms with van der Waals surface area (Å²) in [5.74, 6) is 0.921. The number of morpholine rings is 1. The first-order chi connectivity index (χ1) is 12.3. The number of nitrogens with zero attached hydrogens (tertiary/aromatic N) is 2. The lowest BCUT2D eigenvalue weighted by Crippen LogP contribution is -2.43. The van der Waals surface area contributed by atoms with Crippen LogP contribution < -0.4 is 10.6 Å². The first-order valence-electron chi connectivity index (χ1n) is 9.68. The normalized spacial score (nSPS) is 19.7. The van der Waals surface area contributed by atoms with Gasteiger partial charge in [0.1, 0.15) is 0 Å². The summed E-state index contributed by atoms with van der Waals surface area (Å²) < 4.78 is 5.41. The van der Waals surface area contributed by atoms with Crippen LogP contribution in [-0.2, 0) is 17.8 Å². The molecule has 1 aliphatic carbocycles. The molecule has 146 valence electrons. The highest BCUT2D eigenvalue weighted by atomic mass is 127. The van der Waals surface area contributed by atoms with Crippen LogP contribution in [0.15, 0.2) is 29.3 Å². The molecule has 2 fully saturated rings. The van der Waals surface area contributed by atoms with Crippen molar-refractivity contribution >= 4 is 29.9 Å². The molecule has 1 aromatic rings. The average Bonchev–Trinajstić information content (AvgIpc) is 2.68. The zero-order valence-electron chi connectivity index (χ0n) is 15.9. The van der Waals surface area contributed by atoms with Gasteiger partial charge in [0.25, 0.3) is 0 Å². The summed E-state index contributed by atoms with van der Waals surface area (Å²) in [6.45, 7) is 5.61. The Morgan fingerprint density at radius 2 is 1.73 bits per heavy atom. The highest BCUT2D eigenvalue weighted by Crippen LogP contribution is 2.17. The zero-order chi connectivity index (χ0) is 17.3. The minimum absolute atomic E-state index is 0. The van der Waals surface area contributed by atoms with E-state index in [2.05, 4.69) is 44.8 Å². The van der Waals surface area contributed by atoms with E-state index in [-0.39, 0.29) is 24.0 Å². The molecule has 1 aliphatic heterocycles. The van der Waals surface area contributed by atoms with Crippen LogP contribution in [0.25, 0.3) is 0 Å². The maximum atomic E-state index is 5.41. The lowest BCUT2D eigenvalue weighted by molar-refractivity contribution is 0.0342. The molecule has 0 aromatic heterocycles. The second-order valence-corrected chi connectivity index (χ2v) is 7.11. The third-order valence-corrected chi connectivity index (χ3v) is 5.16. The van der Waals surface area contributed by atoms with Gasteiger partial charge in [-0.25, -0.2) is 0 Å². The summed E-state index contributed by atoms with van der Waals surface area (Å²) in [4.78, 5) is 6.82. The van der Waals surface area contributed by atoms with E-state index < -0.39 is 0 Å². The quantitative estimate of drug-likeness (QED) is 0.393. The van der Waals surface area contributed by atoms with Crippen LogP contribution in [0.5, 0.6) is 0 Å². The molecule has 0 radical (unpaired) electrons. The van der Waals surface area contributed by atoms with Crippen molar-refractivity contribution in [2.24, 2.45) is 4.99 Å². The van der Waals surface area contributed by atoms with E-state index in [1.54, 1.807) is 0 Å². The number of nitrogens with one attached hydrogen (secondary N) is 2. The molecular formula is C20H33IN4O. The van der Waals surface area contributed by atoms with Gasteiger partial charge in [-0.05, 0) is 24.0 Å². The SMILES string of the molecule is CN=C(NCc1ccc(CN2CCOCC2)cc1)NC1CCCCC1.I. The number of halogens is 1. The van der Waals surface area contributed by atoms with Gasteiger partial charge >= 0.3 is 0 Å². The molecule has 0 bridgehead atoms. The largest absolute Gasteiger partial charge is 0.379 e. The van der Waals surface area contributed by atoms with Gasteiger partial charge in [0, 0.05) is 39.3 Å². The molecule has 1 saturated carbocycles. The van der Waals surface area contributed by atoms with Crippen molar-refractivity contribution in [1.82, 2.24) is 15.5 Å². The van der Waals surface area contributed by atoms with Crippen LogP contribution in [0, 0.1) is 0 Å². The Balaban J connectivity index is 0.00000243. The molecule has 0 atom stereocenters. The van der Waals surface area contributed by atoms with Gasteiger partial charge in [-0.1, -0.05) is 43.5 Å². The van der Waals surface area contributed by atoms with E-state index in [1.807, 2.05) is 7.05 Å². The van der Waals surface area contributed by atoms with Gasteiger partial charge in [-0.3, -0.25) is 9.89 Å². The number of rotatable bonds is 5. The summed E-state index contributed by atoms with van der Waals surface area (Å²) in [5, 5.41) is 7.01. The van der Waals surface area contributed by atoms with Crippen molar-refractivity contribution in [2.75, 3.05) is 33.4 Å². The van der Waals surface area contributed by atoms with E-state index in [0.29, 0.717) is 6.04 Å². The Labute approximate surface area is 175 Å². The smallest absolute Gasteiger partial charge is 0.191 e. The number of hydrogen-bond acceptors (Lipinski definition) is 3. The maximum absolute atomic E-state index is 5.41. The Morgan fingerprint density at radius 3 is 2.38 bits per heavy atom. The molecule has 0 amide bonds. The van der Waals surface area contributed by atoms with Gasteiger partial charge in [0.15, 0.2) is 5.96 Å². The minimum Gasteiger partial charge on any atom is -0.379 e. The fourth-order valence-electron chi connectivity index (χ4n) is 3.60. The third kappa shape index (κ3) is 7.04. The Kier molecular flexibility index (Phi) is 9.71. The van der Waals surface area contributed by atoms with Crippen molar-refractivity contribution in [1.29, 1.82) is 0 Å². The van der Waals surface area contributed by atoms with Crippen molar-refractivity contribution in [3.8, 4) is 0 Å². The van der Waals surface area contributed by atoms with Crippen LogP contribution in [0.4, 0.5) is 0 Å². The van der Waals surface area contributed by atoms with Gasteiger partial charge in [-0.2, -0.15) is 0 Å². The lowest BCUT2D eigenvalue weighted by Gasteiger charge is -2.26. The topological polar surface area (TPSA) is 48.9 Å². The first-order valence-corrected chi connectivity index (χ1v) is 9.68. The lowest BCUT2D eigenvalue weighted by atomic mass is 9.96. The van der Waals surface area contributed by atoms with Gasteiger partial charge in [0.2, 0.25) is 0 Å². The number of hydrogen-bond donors (Lipinski definition) is 2. The number of benzene rings is 1. The molecule has 0 unspecified atom stereocenters. The second-order valence-electron chi connectivity index (χ2n) is 7.11. The molecule has 2 aliphatic rings. The molecule has 2 N–H and O–H groups in total. The van der Waals surface area contributed by atoms with Crippen molar-refractivity contribution in [2.45, 2.75) is 51.2 Å². The van der Waals surface area contributed by atoms with E-state index in [4.69, 9.17) is 4.74 Å². The summed E-state index contributed by atoms with van der Waals surface area (Å²) >= 11 is 0. The predicted octanol–water partition coefficient (Wildman–Crippen LogP) is 3.13. The van der Waals surface area contributed by atoms with E-state index >= 15 is 0 Å². The van der Waals surface area contributed by atoms with Crippen LogP contribution in [0.2, 0.25) is 0 Å². The summed E-state index contributed by atoms with van der Waals surface area (Å²) in [6.07, 6.45) is 6.56. The summed E-state index contributed by atoms with van der Waals surface area (Å²) in [7, 11) is 1.85. The van der Waals surface area contributed by atoms with Crippen LogP contribution in [0.1, 0.15) is 43.2 Å². The molecule has 0 spiro atoms. The number of guanidine groups is 1. The zero-order valence-corrected chi connectivity index (χ0v) is 18.2. The molecule has 1 heterocycles. The molecule has 1 aromatic carbocycles. The van der Waals surface area contributed by atoms with Crippen molar-refractivity contribution < 1.29 is 4.74 Å². The minimum atomic E-state index is 0. The fourth-order valence-corrected chi connectivity index (χ4v) is 3.60. The molecule has 26 heavy (non-hydrogen) atoms. The third-order valence-electron chi connectivity index (χ3n) is 5.16. The first kappa shape index (κ1) is 21.4. The summed E-state index contributed by atoms with van der Waals surface area (Å²) in [5.41, 5.74) is 2.66. The monoisotopic (exact) mass is 472 g/mol. The standard InChI is InChI=1S/C20H32N4O.HI/c1-21-20(23-19-5-3-2-4-6-19)22-15-17-7-9-18(10-8-17)16-24-11-13-25-14-12-24;/h7-10,19H,2-6,11-16H2,1H3,(H2,21,22,23);1H. The molecule has 5 nitrogen and oxygen atoms in total. The highest BCUT2D eigenvalue weighted by molar-refractivity contribution is 14.0. The van der Waals surface area contributed by atoms with Gasteiger partial charge < -0.3 is 15.4 Å².